The van der Waals surface area contributed by atoms with Gasteiger partial charge in [-0.1, -0.05) is 39.0 Å². The van der Waals surface area contributed by atoms with Gasteiger partial charge in [-0.2, -0.15) is 0 Å². The van der Waals surface area contributed by atoms with Gasteiger partial charge in [0.1, 0.15) is 11.5 Å². The Morgan fingerprint density at radius 1 is 1.04 bits per heavy atom. The number of hydrogen-bond donors (Lipinski definition) is 1. The molecule has 0 aromatic heterocycles. The first-order valence-corrected chi connectivity index (χ1v) is 8.02. The highest BCUT2D eigenvalue weighted by atomic mass is 16.5. The molecular weight excluding hydrogens is 302 g/mol. The molecular formula is C20H25NO3. The fourth-order valence-corrected chi connectivity index (χ4v) is 2.24. The highest BCUT2D eigenvalue weighted by Gasteiger charge is 2.17. The molecule has 0 aliphatic heterocycles. The number of nitrogens with one attached hydrogen (secondary N) is 1. The van der Waals surface area contributed by atoms with E-state index < -0.39 is 6.10 Å². The smallest absolute Gasteiger partial charge is 0.265 e. The fraction of sp³-hybridized carbons (Fsp3) is 0.350. The molecule has 128 valence electrons. The molecule has 2 aromatic carbocycles. The minimum atomic E-state index is -0.600. The second-order valence-corrected chi connectivity index (χ2v) is 6.76. The number of carbonyl (C=O) groups excluding carboxylic acids is 1. The molecule has 1 atom stereocenters. The summed E-state index contributed by atoms with van der Waals surface area (Å²) in [7, 11) is 1.59. The first-order valence-electron chi connectivity index (χ1n) is 8.02. The van der Waals surface area contributed by atoms with Crippen LogP contribution in [0, 0.1) is 0 Å². The molecule has 2 aromatic rings. The van der Waals surface area contributed by atoms with Crippen LogP contribution in [0.5, 0.6) is 11.5 Å². The van der Waals surface area contributed by atoms with Crippen LogP contribution < -0.4 is 14.8 Å². The number of anilines is 1. The van der Waals surface area contributed by atoms with Crippen LogP contribution in [0.15, 0.2) is 48.5 Å². The van der Waals surface area contributed by atoms with Gasteiger partial charge in [0.05, 0.1) is 7.11 Å². The summed E-state index contributed by atoms with van der Waals surface area (Å²) in [5.74, 6) is 1.17. The van der Waals surface area contributed by atoms with Crippen LogP contribution in [0.2, 0.25) is 0 Å². The van der Waals surface area contributed by atoms with Gasteiger partial charge in [0.15, 0.2) is 6.10 Å². The molecule has 24 heavy (non-hydrogen) atoms. The van der Waals surface area contributed by atoms with Gasteiger partial charge in [-0.05, 0) is 42.2 Å². The zero-order valence-corrected chi connectivity index (χ0v) is 14.9. The van der Waals surface area contributed by atoms with Crippen LogP contribution in [-0.2, 0) is 10.2 Å². The molecule has 0 unspecified atom stereocenters. The summed E-state index contributed by atoms with van der Waals surface area (Å²) in [4.78, 5) is 12.3. The zero-order valence-electron chi connectivity index (χ0n) is 14.9. The van der Waals surface area contributed by atoms with Gasteiger partial charge in [-0.15, -0.1) is 0 Å². The number of rotatable bonds is 5. The van der Waals surface area contributed by atoms with E-state index in [1.807, 2.05) is 42.5 Å². The maximum atomic E-state index is 12.3. The Morgan fingerprint density at radius 2 is 1.71 bits per heavy atom. The van der Waals surface area contributed by atoms with Gasteiger partial charge in [0, 0.05) is 11.8 Å². The number of benzene rings is 2. The second kappa shape index (κ2) is 7.39. The van der Waals surface area contributed by atoms with E-state index in [9.17, 15) is 4.79 Å². The van der Waals surface area contributed by atoms with Crippen LogP contribution in [0.3, 0.4) is 0 Å². The van der Waals surface area contributed by atoms with E-state index in [1.54, 1.807) is 20.1 Å². The van der Waals surface area contributed by atoms with Crippen molar-refractivity contribution in [2.75, 3.05) is 12.4 Å². The van der Waals surface area contributed by atoms with E-state index in [1.165, 1.54) is 5.56 Å². The van der Waals surface area contributed by atoms with Crippen molar-refractivity contribution in [2.45, 2.75) is 39.2 Å². The number of ether oxygens (including phenoxy) is 2. The number of methoxy groups -OCH3 is 1. The Bertz CT molecular complexity index is 687. The lowest BCUT2D eigenvalue weighted by atomic mass is 9.87. The molecule has 4 heteroatoms. The van der Waals surface area contributed by atoms with Gasteiger partial charge in [-0.25, -0.2) is 0 Å². The summed E-state index contributed by atoms with van der Waals surface area (Å²) in [5.41, 5.74) is 2.00. The molecule has 0 aliphatic rings. The van der Waals surface area contributed by atoms with Gasteiger partial charge in [-0.3, -0.25) is 4.79 Å². The highest BCUT2D eigenvalue weighted by Crippen LogP contribution is 2.25. The van der Waals surface area contributed by atoms with E-state index in [0.29, 0.717) is 17.2 Å². The lowest BCUT2D eigenvalue weighted by molar-refractivity contribution is -0.122. The summed E-state index contributed by atoms with van der Waals surface area (Å²) in [6.45, 7) is 8.21. The van der Waals surface area contributed by atoms with Crippen LogP contribution in [-0.4, -0.2) is 19.1 Å². The van der Waals surface area contributed by atoms with Gasteiger partial charge in [0.2, 0.25) is 0 Å². The first kappa shape index (κ1) is 17.9. The number of amides is 1. The molecule has 0 bridgehead atoms. The maximum Gasteiger partial charge on any atom is 0.265 e. The minimum absolute atomic E-state index is 0.0912. The molecule has 4 nitrogen and oxygen atoms in total. The second-order valence-electron chi connectivity index (χ2n) is 6.76. The summed E-state index contributed by atoms with van der Waals surface area (Å²) in [5, 5.41) is 2.83. The molecule has 0 radical (unpaired) electrons. The third-order valence-electron chi connectivity index (χ3n) is 3.74. The van der Waals surface area contributed by atoms with Gasteiger partial charge < -0.3 is 14.8 Å². The molecule has 0 fully saturated rings. The fourth-order valence-electron chi connectivity index (χ4n) is 2.24. The summed E-state index contributed by atoms with van der Waals surface area (Å²) >= 11 is 0. The average Bonchev–Trinajstić information content (AvgIpc) is 2.54. The van der Waals surface area contributed by atoms with Crippen molar-refractivity contribution in [3.63, 3.8) is 0 Å². The zero-order chi connectivity index (χ0) is 17.7. The lowest BCUT2D eigenvalue weighted by Crippen LogP contribution is -2.30. The average molecular weight is 327 g/mol. The van der Waals surface area contributed by atoms with E-state index in [2.05, 4.69) is 26.1 Å². The van der Waals surface area contributed by atoms with Gasteiger partial charge >= 0.3 is 0 Å². The normalized spacial score (nSPS) is 12.4. The SMILES string of the molecule is COc1cccc(NC(=O)[C@H](C)Oc2ccc(C(C)(C)C)cc2)c1. The van der Waals surface area contributed by atoms with Crippen LogP contribution in [0.25, 0.3) is 0 Å². The minimum Gasteiger partial charge on any atom is -0.497 e. The Kier molecular flexibility index (Phi) is 5.50. The topological polar surface area (TPSA) is 47.6 Å². The predicted molar refractivity (Wildman–Crippen MR) is 96.9 cm³/mol. The van der Waals surface area contributed by atoms with Crippen molar-refractivity contribution in [1.29, 1.82) is 0 Å². The summed E-state index contributed by atoms with van der Waals surface area (Å²) < 4.78 is 10.9. The Balaban J connectivity index is 1.98. The number of hydrogen-bond acceptors (Lipinski definition) is 3. The summed E-state index contributed by atoms with van der Waals surface area (Å²) in [6.07, 6.45) is -0.600. The third-order valence-corrected chi connectivity index (χ3v) is 3.74. The quantitative estimate of drug-likeness (QED) is 0.885. The highest BCUT2D eigenvalue weighted by molar-refractivity contribution is 5.94. The molecule has 2 rings (SSSR count). The molecule has 0 saturated carbocycles. The Morgan fingerprint density at radius 3 is 2.29 bits per heavy atom. The monoisotopic (exact) mass is 327 g/mol. The van der Waals surface area contributed by atoms with Crippen LogP contribution in [0.1, 0.15) is 33.3 Å². The molecule has 0 saturated heterocycles. The first-order chi connectivity index (χ1) is 11.3. The summed E-state index contributed by atoms with van der Waals surface area (Å²) in [6, 6.07) is 15.1. The molecule has 1 amide bonds. The van der Waals surface area contributed by atoms with Crippen molar-refractivity contribution in [1.82, 2.24) is 0 Å². The van der Waals surface area contributed by atoms with Crippen LogP contribution >= 0.6 is 0 Å². The Hall–Kier alpha value is -2.49. The van der Waals surface area contributed by atoms with Crippen molar-refractivity contribution in [3.05, 3.63) is 54.1 Å². The molecule has 0 spiro atoms. The van der Waals surface area contributed by atoms with Crippen molar-refractivity contribution in [3.8, 4) is 11.5 Å². The standard InChI is InChI=1S/C20H25NO3/c1-14(19(22)21-16-7-6-8-18(13-16)23-5)24-17-11-9-15(10-12-17)20(2,3)4/h6-14H,1-5H3,(H,21,22)/t14-/m0/s1. The third kappa shape index (κ3) is 4.75. The number of carbonyl (C=O) groups is 1. The van der Waals surface area contributed by atoms with E-state index in [0.717, 1.165) is 0 Å². The predicted octanol–water partition coefficient (Wildman–Crippen LogP) is 4.40. The van der Waals surface area contributed by atoms with E-state index in [4.69, 9.17) is 9.47 Å². The lowest BCUT2D eigenvalue weighted by Gasteiger charge is -2.20. The van der Waals surface area contributed by atoms with E-state index >= 15 is 0 Å². The van der Waals surface area contributed by atoms with Crippen LogP contribution in [0.4, 0.5) is 5.69 Å². The molecule has 1 N–H and O–H groups in total. The van der Waals surface area contributed by atoms with Crippen molar-refractivity contribution < 1.29 is 14.3 Å². The maximum absolute atomic E-state index is 12.3. The van der Waals surface area contributed by atoms with Crippen molar-refractivity contribution >= 4 is 11.6 Å². The van der Waals surface area contributed by atoms with Gasteiger partial charge in [0.25, 0.3) is 5.91 Å². The largest absolute Gasteiger partial charge is 0.497 e. The van der Waals surface area contributed by atoms with Crippen molar-refractivity contribution in [2.24, 2.45) is 0 Å². The molecule has 0 aliphatic carbocycles. The molecule has 0 heterocycles. The van der Waals surface area contributed by atoms with E-state index in [-0.39, 0.29) is 11.3 Å². The Labute approximate surface area is 143 Å².